The van der Waals surface area contributed by atoms with Gasteiger partial charge in [0.25, 0.3) is 0 Å². The summed E-state index contributed by atoms with van der Waals surface area (Å²) in [6.45, 7) is 2.97. The zero-order valence-electron chi connectivity index (χ0n) is 8.20. The fourth-order valence-corrected chi connectivity index (χ4v) is 2.59. The molecular formula is C9H16N4S. The summed E-state index contributed by atoms with van der Waals surface area (Å²) >= 11 is 1.72. The van der Waals surface area contributed by atoms with E-state index < -0.39 is 0 Å². The maximum atomic E-state index is 5.25. The third-order valence-electron chi connectivity index (χ3n) is 2.45. The molecule has 0 amide bonds. The number of rotatable bonds is 3. The number of piperidine rings is 1. The van der Waals surface area contributed by atoms with Gasteiger partial charge in [-0.2, -0.15) is 0 Å². The van der Waals surface area contributed by atoms with E-state index in [0.29, 0.717) is 6.54 Å². The lowest BCUT2D eigenvalue weighted by Crippen LogP contribution is -2.29. The SMILES string of the molecule is NNCc1csc(N2CCCCC2)n1. The van der Waals surface area contributed by atoms with E-state index in [1.165, 1.54) is 19.3 Å². The zero-order valence-corrected chi connectivity index (χ0v) is 9.02. The third kappa shape index (κ3) is 2.23. The molecule has 0 radical (unpaired) electrons. The molecule has 0 saturated carbocycles. The smallest absolute Gasteiger partial charge is 0.185 e. The molecule has 1 saturated heterocycles. The van der Waals surface area contributed by atoms with Crippen molar-refractivity contribution in [3.8, 4) is 0 Å². The van der Waals surface area contributed by atoms with Crippen LogP contribution in [0.1, 0.15) is 25.0 Å². The molecule has 1 aromatic rings. The van der Waals surface area contributed by atoms with Crippen molar-refractivity contribution in [2.24, 2.45) is 5.84 Å². The van der Waals surface area contributed by atoms with E-state index in [0.717, 1.165) is 23.9 Å². The van der Waals surface area contributed by atoms with Gasteiger partial charge in [0.15, 0.2) is 5.13 Å². The number of nitrogens with zero attached hydrogens (tertiary/aromatic N) is 2. The second-order valence-electron chi connectivity index (χ2n) is 3.55. The topological polar surface area (TPSA) is 54.2 Å². The summed E-state index contributed by atoms with van der Waals surface area (Å²) in [4.78, 5) is 6.89. The number of nitrogens with two attached hydrogens (primary N) is 1. The van der Waals surface area contributed by atoms with Crippen LogP contribution in [0.5, 0.6) is 0 Å². The molecule has 0 atom stereocenters. The molecule has 4 nitrogen and oxygen atoms in total. The summed E-state index contributed by atoms with van der Waals surface area (Å²) in [6, 6.07) is 0. The highest BCUT2D eigenvalue weighted by Gasteiger charge is 2.13. The molecule has 0 aliphatic carbocycles. The predicted molar refractivity (Wildman–Crippen MR) is 59.2 cm³/mol. The molecule has 1 aliphatic rings. The summed E-state index contributed by atoms with van der Waals surface area (Å²) in [7, 11) is 0. The van der Waals surface area contributed by atoms with Gasteiger partial charge in [-0.25, -0.2) is 4.98 Å². The maximum Gasteiger partial charge on any atom is 0.185 e. The Balaban J connectivity index is 2.00. The second kappa shape index (κ2) is 4.72. The van der Waals surface area contributed by atoms with Crippen LogP contribution in [0.25, 0.3) is 0 Å². The average Bonchev–Trinajstić information content (AvgIpc) is 2.68. The molecule has 0 unspecified atom stereocenters. The Morgan fingerprint density at radius 1 is 1.43 bits per heavy atom. The Hall–Kier alpha value is -0.650. The largest absolute Gasteiger partial charge is 0.348 e. The molecular weight excluding hydrogens is 196 g/mol. The average molecular weight is 212 g/mol. The fourth-order valence-electron chi connectivity index (χ4n) is 1.71. The summed E-state index contributed by atoms with van der Waals surface area (Å²) in [5, 5.41) is 3.22. The first kappa shape index (κ1) is 9.89. The number of hydrogen-bond donors (Lipinski definition) is 2. The van der Waals surface area contributed by atoms with Crippen LogP contribution in [0.15, 0.2) is 5.38 Å². The number of hydrogen-bond acceptors (Lipinski definition) is 5. The molecule has 1 aromatic heterocycles. The maximum absolute atomic E-state index is 5.25. The second-order valence-corrected chi connectivity index (χ2v) is 4.39. The van der Waals surface area contributed by atoms with Gasteiger partial charge in [-0.3, -0.25) is 11.3 Å². The van der Waals surface area contributed by atoms with E-state index >= 15 is 0 Å². The van der Waals surface area contributed by atoms with Crippen molar-refractivity contribution < 1.29 is 0 Å². The lowest BCUT2D eigenvalue weighted by atomic mass is 10.1. The molecule has 3 N–H and O–H groups in total. The minimum Gasteiger partial charge on any atom is -0.348 e. The van der Waals surface area contributed by atoms with Gasteiger partial charge in [0.05, 0.1) is 12.2 Å². The molecule has 0 aromatic carbocycles. The highest BCUT2D eigenvalue weighted by Crippen LogP contribution is 2.23. The van der Waals surface area contributed by atoms with Crippen LogP contribution in [-0.4, -0.2) is 18.1 Å². The molecule has 2 heterocycles. The van der Waals surface area contributed by atoms with Gasteiger partial charge in [0.2, 0.25) is 0 Å². The van der Waals surface area contributed by atoms with Crippen molar-refractivity contribution >= 4 is 16.5 Å². The first-order valence-electron chi connectivity index (χ1n) is 5.03. The van der Waals surface area contributed by atoms with Crippen molar-refractivity contribution in [3.63, 3.8) is 0 Å². The standard InChI is InChI=1S/C9H16N4S/c10-11-6-8-7-14-9(12-8)13-4-2-1-3-5-13/h7,11H,1-6,10H2. The summed E-state index contributed by atoms with van der Waals surface area (Å²) in [6.07, 6.45) is 3.95. The van der Waals surface area contributed by atoms with Crippen LogP contribution in [0, 0.1) is 0 Å². The van der Waals surface area contributed by atoms with Gasteiger partial charge in [-0.05, 0) is 19.3 Å². The van der Waals surface area contributed by atoms with Crippen LogP contribution in [0.3, 0.4) is 0 Å². The van der Waals surface area contributed by atoms with E-state index in [9.17, 15) is 0 Å². The molecule has 1 fully saturated rings. The minimum atomic E-state index is 0.657. The van der Waals surface area contributed by atoms with Crippen LogP contribution in [0.2, 0.25) is 0 Å². The highest BCUT2D eigenvalue weighted by molar-refractivity contribution is 7.13. The van der Waals surface area contributed by atoms with E-state index in [4.69, 9.17) is 5.84 Å². The Labute approximate surface area is 88.1 Å². The third-order valence-corrected chi connectivity index (χ3v) is 3.40. The van der Waals surface area contributed by atoms with Crippen molar-refractivity contribution in [3.05, 3.63) is 11.1 Å². The van der Waals surface area contributed by atoms with Crippen LogP contribution >= 0.6 is 11.3 Å². The van der Waals surface area contributed by atoms with Crippen molar-refractivity contribution in [1.82, 2.24) is 10.4 Å². The number of nitrogens with one attached hydrogen (secondary N) is 1. The molecule has 0 spiro atoms. The van der Waals surface area contributed by atoms with Crippen LogP contribution < -0.4 is 16.2 Å². The number of anilines is 1. The normalized spacial score (nSPS) is 17.4. The monoisotopic (exact) mass is 212 g/mol. The molecule has 2 rings (SSSR count). The molecule has 5 heteroatoms. The van der Waals surface area contributed by atoms with Crippen LogP contribution in [0.4, 0.5) is 5.13 Å². The Kier molecular flexibility index (Phi) is 3.34. The van der Waals surface area contributed by atoms with Gasteiger partial charge in [0.1, 0.15) is 0 Å². The quantitative estimate of drug-likeness (QED) is 0.582. The number of hydrazine groups is 1. The van der Waals surface area contributed by atoms with Crippen molar-refractivity contribution in [2.75, 3.05) is 18.0 Å². The predicted octanol–water partition coefficient (Wildman–Crippen LogP) is 1.10. The van der Waals surface area contributed by atoms with Gasteiger partial charge in [-0.1, -0.05) is 0 Å². The van der Waals surface area contributed by atoms with E-state index in [1.54, 1.807) is 11.3 Å². The van der Waals surface area contributed by atoms with Gasteiger partial charge in [-0.15, -0.1) is 11.3 Å². The van der Waals surface area contributed by atoms with E-state index in [-0.39, 0.29) is 0 Å². The summed E-state index contributed by atoms with van der Waals surface area (Å²) < 4.78 is 0. The van der Waals surface area contributed by atoms with Crippen LogP contribution in [-0.2, 0) is 6.54 Å². The summed E-state index contributed by atoms with van der Waals surface area (Å²) in [5.74, 6) is 5.25. The zero-order chi connectivity index (χ0) is 9.80. The molecule has 1 aliphatic heterocycles. The van der Waals surface area contributed by atoms with Crippen molar-refractivity contribution in [2.45, 2.75) is 25.8 Å². The Morgan fingerprint density at radius 2 is 2.21 bits per heavy atom. The highest BCUT2D eigenvalue weighted by atomic mass is 32.1. The van der Waals surface area contributed by atoms with Gasteiger partial charge < -0.3 is 4.90 Å². The Bertz CT molecular complexity index is 280. The fraction of sp³-hybridized carbons (Fsp3) is 0.667. The lowest BCUT2D eigenvalue weighted by molar-refractivity contribution is 0.576. The van der Waals surface area contributed by atoms with Gasteiger partial charge in [0, 0.05) is 18.5 Å². The number of thiazole rings is 1. The molecule has 14 heavy (non-hydrogen) atoms. The molecule has 78 valence electrons. The first-order chi connectivity index (χ1) is 6.90. The Morgan fingerprint density at radius 3 is 2.93 bits per heavy atom. The first-order valence-corrected chi connectivity index (χ1v) is 5.91. The van der Waals surface area contributed by atoms with Gasteiger partial charge >= 0.3 is 0 Å². The van der Waals surface area contributed by atoms with E-state index in [2.05, 4.69) is 20.7 Å². The summed E-state index contributed by atoms with van der Waals surface area (Å²) in [5.41, 5.74) is 3.67. The van der Waals surface area contributed by atoms with Crippen molar-refractivity contribution in [1.29, 1.82) is 0 Å². The molecule has 0 bridgehead atoms. The lowest BCUT2D eigenvalue weighted by Gasteiger charge is -2.25. The number of aromatic nitrogens is 1. The van der Waals surface area contributed by atoms with E-state index in [1.807, 2.05) is 0 Å². The minimum absolute atomic E-state index is 0.657.